The van der Waals surface area contributed by atoms with Crippen LogP contribution in [0.25, 0.3) is 0 Å². The maximum Gasteiger partial charge on any atom is 0.364 e. The zero-order valence-electron chi connectivity index (χ0n) is 66.1. The summed E-state index contributed by atoms with van der Waals surface area (Å²) < 4.78 is 98.6. The minimum absolute atomic E-state index is 0.834. The van der Waals surface area contributed by atoms with Gasteiger partial charge in [0.05, 0.1) is 83.8 Å². The number of hydrogen-bond donors (Lipinski definition) is 33. The van der Waals surface area contributed by atoms with Crippen molar-refractivity contribution in [2.45, 2.75) is 328 Å². The fourth-order valence-corrected chi connectivity index (χ4v) is 15.7. The molecule has 0 radical (unpaired) electrons. The van der Waals surface area contributed by atoms with Crippen LogP contribution in [0.1, 0.15) is 40.5 Å². The maximum absolute atomic E-state index is 13.2. The third-order valence-electron chi connectivity index (χ3n) is 22.3. The van der Waals surface area contributed by atoms with E-state index in [2.05, 4.69) is 21.3 Å². The van der Waals surface area contributed by atoms with Crippen molar-refractivity contribution < 1.29 is 257 Å². The number of ether oxygens (including phenoxy) is 17. The molecule has 9 aliphatic heterocycles. The Bertz CT molecular complexity index is 3450. The zero-order valence-corrected chi connectivity index (χ0v) is 66.1. The van der Waals surface area contributed by atoms with Crippen LogP contribution >= 0.6 is 0 Å². The summed E-state index contributed by atoms with van der Waals surface area (Å²) in [5, 5.41) is 329. The number of nitrogens with one attached hydrogen (secondary N) is 4. The smallest absolute Gasteiger partial charge is 0.364 e. The highest BCUT2D eigenvalue weighted by Gasteiger charge is 2.64. The van der Waals surface area contributed by atoms with Gasteiger partial charge in [0.1, 0.15) is 207 Å². The molecule has 9 fully saturated rings. The zero-order chi connectivity index (χ0) is 92.1. The van der Waals surface area contributed by atoms with E-state index < -0.39 is 395 Å². The van der Waals surface area contributed by atoms with E-state index in [4.69, 9.17) is 80.5 Å². The number of rotatable bonds is 35. The Morgan fingerprint density at radius 2 is 0.685 bits per heavy atom. The van der Waals surface area contributed by atoms with Gasteiger partial charge in [-0.1, -0.05) is 0 Å². The molecule has 47 atom stereocenters. The first-order valence-corrected chi connectivity index (χ1v) is 38.9. The third-order valence-corrected chi connectivity index (χ3v) is 22.3. The molecule has 33 N–H and O–H groups in total. The highest BCUT2D eigenvalue weighted by Crippen LogP contribution is 2.43. The van der Waals surface area contributed by atoms with Crippen molar-refractivity contribution >= 4 is 35.6 Å². The van der Waals surface area contributed by atoms with Gasteiger partial charge in [-0.3, -0.25) is 19.2 Å². The van der Waals surface area contributed by atoms with Gasteiger partial charge in [0.2, 0.25) is 23.6 Å². The molecule has 0 spiro atoms. The Kier molecular flexibility index (Phi) is 36.4. The molecule has 56 heteroatoms. The summed E-state index contributed by atoms with van der Waals surface area (Å²) in [5.41, 5.74) is 0. The molecule has 0 saturated carbocycles. The summed E-state index contributed by atoms with van der Waals surface area (Å²) in [4.78, 5) is 76.3. The Labute approximate surface area is 699 Å². The highest BCUT2D eigenvalue weighted by molar-refractivity contribution is 5.78. The molecule has 0 aromatic carbocycles. The van der Waals surface area contributed by atoms with Gasteiger partial charge in [-0.25, -0.2) is 9.59 Å². The Morgan fingerprint density at radius 3 is 1.12 bits per heavy atom. The number of carbonyl (C=O) groups is 6. The van der Waals surface area contributed by atoms with Gasteiger partial charge in [0.25, 0.3) is 11.6 Å². The standard InChI is InChI=1S/C68H112N4O52/c1-16(80)69-31-20(84)5-67(65(104)105,122-52(31)35(88)22(86)7-73)109-15-30-39(92)44(97)47(100)61(116-30)117-50-27(12-78)114-59(33(42(50)95)71-18(3)82)120-56-45(98)37(90)24(9-75)112-63(56)108-14-29-41(94)54(48(101)58(103)110-29)119-64-57(46(99)38(91)25(10-76)113-64)121-60-34(72-19(4)83)43(96)51(28(13-79)115-60)118-62-49(102)55(40(93)26(11-77)111-62)124-68(66(106)107)6-21(85)32(70-17(2)81)53(123-68)36(89)23(87)8-74/h20-64,73-79,84-103H,5-15H2,1-4H3,(H,69,80)(H,70,81)(H,71,82)(H,72,83)(H,104,105)(H,106,107)/t20-,21-,22-,23-,24-,25+,26-,27-,28-,29+,30-,31+,32+,33+,34-,35-,36-,37-,38+,39+,40+,41+,42+,43+,44-,45-,46-,47+,48+,49+,50-,51+,52-,53-,54+,55-,56-,57-,58+,59+,60-,61+,62+,63+,64?,67+,68-/m0/s1. The lowest BCUT2D eigenvalue weighted by atomic mass is 9.88. The van der Waals surface area contributed by atoms with E-state index >= 15 is 0 Å². The van der Waals surface area contributed by atoms with E-state index in [9.17, 15) is 177 Å². The first-order valence-electron chi connectivity index (χ1n) is 38.9. The lowest BCUT2D eigenvalue weighted by Gasteiger charge is -2.51. The van der Waals surface area contributed by atoms with Gasteiger partial charge in [-0.05, 0) is 0 Å². The second-order valence-corrected chi connectivity index (χ2v) is 31.1. The summed E-state index contributed by atoms with van der Waals surface area (Å²) in [6.07, 6.45) is -92.6. The minimum Gasteiger partial charge on any atom is -0.477 e. The van der Waals surface area contributed by atoms with E-state index in [1.54, 1.807) is 0 Å². The molecule has 1 unspecified atom stereocenters. The van der Waals surface area contributed by atoms with Crippen LogP contribution in [0.3, 0.4) is 0 Å². The van der Waals surface area contributed by atoms with E-state index in [1.807, 2.05) is 0 Å². The van der Waals surface area contributed by atoms with Crippen molar-refractivity contribution in [3.63, 3.8) is 0 Å². The number of carboxylic acids is 2. The number of aliphatic hydroxyl groups is 27. The predicted octanol–water partition coefficient (Wildman–Crippen LogP) is -21.6. The molecule has 9 heterocycles. The van der Waals surface area contributed by atoms with Crippen LogP contribution in [0.4, 0.5) is 0 Å². The van der Waals surface area contributed by atoms with Crippen LogP contribution in [0.15, 0.2) is 0 Å². The molecule has 56 nitrogen and oxygen atoms in total. The molecule has 9 saturated heterocycles. The fraction of sp³-hybridized carbons (Fsp3) is 0.912. The molecular weight excluding hydrogens is 1700 g/mol. The molecule has 4 amide bonds. The predicted molar refractivity (Wildman–Crippen MR) is 378 cm³/mol. The summed E-state index contributed by atoms with van der Waals surface area (Å²) >= 11 is 0. The van der Waals surface area contributed by atoms with E-state index in [0.717, 1.165) is 27.7 Å². The van der Waals surface area contributed by atoms with E-state index in [0.29, 0.717) is 0 Å². The first-order chi connectivity index (χ1) is 58.3. The normalized spacial score (nSPS) is 46.3. The van der Waals surface area contributed by atoms with Crippen LogP contribution in [0, 0.1) is 0 Å². The Hall–Kier alpha value is -4.94. The monoisotopic (exact) mass is 1820 g/mol. The summed E-state index contributed by atoms with van der Waals surface area (Å²) in [6, 6.07) is -7.45. The van der Waals surface area contributed by atoms with Crippen LogP contribution < -0.4 is 21.3 Å². The van der Waals surface area contributed by atoms with Crippen molar-refractivity contribution in [3.05, 3.63) is 0 Å². The van der Waals surface area contributed by atoms with Gasteiger partial charge in [0.15, 0.2) is 44.0 Å². The number of aliphatic hydroxyl groups excluding tert-OH is 27. The van der Waals surface area contributed by atoms with Crippen molar-refractivity contribution in [2.75, 3.05) is 59.5 Å². The number of hydrogen-bond acceptors (Lipinski definition) is 50. The average molecular weight is 1820 g/mol. The molecular formula is C68H112N4O52. The maximum atomic E-state index is 13.2. The Morgan fingerprint density at radius 1 is 0.339 bits per heavy atom. The lowest BCUT2D eigenvalue weighted by molar-refractivity contribution is -0.395. The van der Waals surface area contributed by atoms with Gasteiger partial charge in [0, 0.05) is 40.5 Å². The van der Waals surface area contributed by atoms with E-state index in [-0.39, 0.29) is 0 Å². The van der Waals surface area contributed by atoms with Crippen LogP contribution in [0.2, 0.25) is 0 Å². The summed E-state index contributed by atoms with van der Waals surface area (Å²) in [6.45, 7) is -6.93. The summed E-state index contributed by atoms with van der Waals surface area (Å²) in [7, 11) is 0. The fourth-order valence-electron chi connectivity index (χ4n) is 15.7. The van der Waals surface area contributed by atoms with E-state index in [1.165, 1.54) is 0 Å². The summed E-state index contributed by atoms with van der Waals surface area (Å²) in [5.74, 6) is -14.3. The third kappa shape index (κ3) is 22.4. The first kappa shape index (κ1) is 103. The molecule has 0 aliphatic carbocycles. The number of carboxylic acid groups (broad SMARTS) is 2. The number of carbonyl (C=O) groups excluding carboxylic acids is 4. The minimum atomic E-state index is -3.29. The second-order valence-electron chi connectivity index (χ2n) is 31.1. The number of aliphatic carboxylic acids is 2. The molecule has 716 valence electrons. The highest BCUT2D eigenvalue weighted by atomic mass is 16.8. The van der Waals surface area contributed by atoms with Gasteiger partial charge < -0.3 is 250 Å². The van der Waals surface area contributed by atoms with Gasteiger partial charge in [-0.2, -0.15) is 0 Å². The SMILES string of the molecule is CC(=O)N[C@@H]1[C@H](O[C@@H]2C(O[C@H]3[C@@H](O)[C@H](O)O[C@H](CO[C@@H]4O[C@@H](CO)[C@H](O)[C@H](O)[C@@H]4O[C@H]4O[C@@H](CO)[C@H](O[C@H]5O[C@@H](CO[C@]6(C(=O)O)C[C@H](O)[C@@H](NC(C)=O)[C@@H]([C@@H](O)[C@@H](O)CO)O6)[C@@H](O)[C@H](O)[C@H]5O)[C@H](O)[C@H]4NC(C)=O)[C@H]3O)O[C@H](CO)[C@@H](O)[C@@H]2O)O[C@@H](CO)[C@@H](O[C@H]2O[C@@H](CO)[C@@H](O)[C@H](O[C@]3(C(=O)O)C[C@H](O)[C@@H](NC(C)=O)[C@@H]([C@@H](O)[C@@H](O)CO)O3)[C@H]2O)[C@@H]1O. The van der Waals surface area contributed by atoms with Gasteiger partial charge >= 0.3 is 11.9 Å². The van der Waals surface area contributed by atoms with Crippen LogP contribution in [0.5, 0.6) is 0 Å². The van der Waals surface area contributed by atoms with Crippen LogP contribution in [-0.4, -0.2) is 530 Å². The van der Waals surface area contributed by atoms with Crippen molar-refractivity contribution in [1.29, 1.82) is 0 Å². The Balaban J connectivity index is 0.906. The van der Waals surface area contributed by atoms with Crippen LogP contribution in [-0.2, 0) is 109 Å². The molecule has 0 aromatic heterocycles. The molecule has 9 aliphatic rings. The average Bonchev–Trinajstić information content (AvgIpc) is 0.742. The molecule has 0 aromatic rings. The lowest BCUT2D eigenvalue weighted by Crippen LogP contribution is -2.71. The molecule has 0 bridgehead atoms. The van der Waals surface area contributed by atoms with Crippen molar-refractivity contribution in [3.8, 4) is 0 Å². The van der Waals surface area contributed by atoms with Gasteiger partial charge in [-0.15, -0.1) is 0 Å². The second kappa shape index (κ2) is 43.9. The van der Waals surface area contributed by atoms with Crippen molar-refractivity contribution in [1.82, 2.24) is 21.3 Å². The largest absolute Gasteiger partial charge is 0.477 e. The van der Waals surface area contributed by atoms with Crippen molar-refractivity contribution in [2.24, 2.45) is 0 Å². The molecule has 9 rings (SSSR count). The quantitative estimate of drug-likeness (QED) is 0.0280. The molecule has 124 heavy (non-hydrogen) atoms. The number of amides is 4. The topological polar surface area (TPSA) is 894 Å².